The van der Waals surface area contributed by atoms with Gasteiger partial charge in [0.1, 0.15) is 18.0 Å². The Morgan fingerprint density at radius 3 is 2.26 bits per heavy atom. The summed E-state index contributed by atoms with van der Waals surface area (Å²) >= 11 is 0. The topological polar surface area (TPSA) is 66.9 Å². The number of carbonyl (C=O) groups is 1. The van der Waals surface area contributed by atoms with Gasteiger partial charge in [0.2, 0.25) is 15.9 Å². The molecule has 31 heavy (non-hydrogen) atoms. The smallest absolute Gasteiger partial charge is 0.248 e. The molecule has 0 saturated heterocycles. The SMILES string of the molecule is C[C@@H]1Cc2ccccc2N1C(=O)CN(c1ccc(Oc2ccccc2)cc1)S(C)(=O)=O. The number of sulfonamides is 1. The van der Waals surface area contributed by atoms with Gasteiger partial charge in [-0.3, -0.25) is 9.10 Å². The Morgan fingerprint density at radius 2 is 1.58 bits per heavy atom. The largest absolute Gasteiger partial charge is 0.457 e. The lowest BCUT2D eigenvalue weighted by molar-refractivity contribution is -0.117. The molecule has 3 aromatic rings. The molecule has 1 amide bonds. The second kappa shape index (κ2) is 8.43. The molecule has 0 spiro atoms. The van der Waals surface area contributed by atoms with Crippen molar-refractivity contribution in [2.75, 3.05) is 22.0 Å². The standard InChI is InChI=1S/C24H24N2O4S/c1-18-16-19-8-6-7-11-23(19)26(18)24(27)17-25(31(2,28)29)20-12-14-22(15-13-20)30-21-9-4-3-5-10-21/h3-15,18H,16-17H2,1-2H3/t18-/m1/s1. The number of ether oxygens (including phenoxy) is 1. The molecule has 0 bridgehead atoms. The van der Waals surface area contributed by atoms with Crippen LogP contribution in [0.5, 0.6) is 11.5 Å². The molecule has 4 rings (SSSR count). The Balaban J connectivity index is 1.55. The van der Waals surface area contributed by atoms with E-state index in [1.807, 2.05) is 61.5 Å². The highest BCUT2D eigenvalue weighted by atomic mass is 32.2. The van der Waals surface area contributed by atoms with E-state index < -0.39 is 10.0 Å². The number of benzene rings is 3. The molecule has 0 N–H and O–H groups in total. The molecule has 0 fully saturated rings. The minimum Gasteiger partial charge on any atom is -0.457 e. The zero-order chi connectivity index (χ0) is 22.0. The Labute approximate surface area is 182 Å². The number of nitrogens with zero attached hydrogens (tertiary/aromatic N) is 2. The van der Waals surface area contributed by atoms with E-state index in [4.69, 9.17) is 4.74 Å². The predicted molar refractivity (Wildman–Crippen MR) is 122 cm³/mol. The highest BCUT2D eigenvalue weighted by Crippen LogP contribution is 2.32. The van der Waals surface area contributed by atoms with Gasteiger partial charge in [0.25, 0.3) is 0 Å². The molecule has 0 unspecified atom stereocenters. The van der Waals surface area contributed by atoms with Crippen molar-refractivity contribution in [3.05, 3.63) is 84.4 Å². The lowest BCUT2D eigenvalue weighted by atomic mass is 10.1. The van der Waals surface area contributed by atoms with E-state index in [1.165, 1.54) is 0 Å². The number of hydrogen-bond donors (Lipinski definition) is 0. The second-order valence-electron chi connectivity index (χ2n) is 7.62. The first kappa shape index (κ1) is 20.9. The van der Waals surface area contributed by atoms with Gasteiger partial charge < -0.3 is 9.64 Å². The van der Waals surface area contributed by atoms with Gasteiger partial charge in [-0.05, 0) is 61.4 Å². The molecule has 0 aliphatic carbocycles. The summed E-state index contributed by atoms with van der Waals surface area (Å²) in [6.45, 7) is 1.70. The average Bonchev–Trinajstić information content (AvgIpc) is 3.08. The number of rotatable bonds is 6. The molecule has 3 aromatic carbocycles. The van der Waals surface area contributed by atoms with Crippen LogP contribution in [0.3, 0.4) is 0 Å². The van der Waals surface area contributed by atoms with Crippen LogP contribution >= 0.6 is 0 Å². The van der Waals surface area contributed by atoms with E-state index >= 15 is 0 Å². The number of amides is 1. The number of para-hydroxylation sites is 2. The van der Waals surface area contributed by atoms with Gasteiger partial charge in [0.15, 0.2) is 0 Å². The quantitative estimate of drug-likeness (QED) is 0.580. The van der Waals surface area contributed by atoms with E-state index in [2.05, 4.69) is 0 Å². The first-order valence-corrected chi connectivity index (χ1v) is 11.9. The van der Waals surface area contributed by atoms with Crippen molar-refractivity contribution in [1.29, 1.82) is 0 Å². The van der Waals surface area contributed by atoms with E-state index in [9.17, 15) is 13.2 Å². The maximum Gasteiger partial charge on any atom is 0.248 e. The summed E-state index contributed by atoms with van der Waals surface area (Å²) in [6, 6.07) is 23.7. The fourth-order valence-corrected chi connectivity index (χ4v) is 4.70. The second-order valence-corrected chi connectivity index (χ2v) is 9.53. The molecule has 1 aliphatic rings. The van der Waals surface area contributed by atoms with E-state index in [-0.39, 0.29) is 18.5 Å². The fraction of sp³-hybridized carbons (Fsp3) is 0.208. The molecule has 0 aromatic heterocycles. The monoisotopic (exact) mass is 436 g/mol. The number of fused-ring (bicyclic) bond motifs is 1. The first-order chi connectivity index (χ1) is 14.8. The zero-order valence-electron chi connectivity index (χ0n) is 17.4. The highest BCUT2D eigenvalue weighted by Gasteiger charge is 2.33. The van der Waals surface area contributed by atoms with Crippen molar-refractivity contribution < 1.29 is 17.9 Å². The highest BCUT2D eigenvalue weighted by molar-refractivity contribution is 7.92. The minimum atomic E-state index is -3.66. The van der Waals surface area contributed by atoms with E-state index in [0.717, 1.165) is 28.2 Å². The van der Waals surface area contributed by atoms with Crippen LogP contribution in [0.25, 0.3) is 0 Å². The third-order valence-corrected chi connectivity index (χ3v) is 6.40. The molecule has 160 valence electrons. The van der Waals surface area contributed by atoms with Gasteiger partial charge in [-0.25, -0.2) is 8.42 Å². The van der Waals surface area contributed by atoms with Crippen LogP contribution < -0.4 is 13.9 Å². The van der Waals surface area contributed by atoms with E-state index in [0.29, 0.717) is 17.2 Å². The van der Waals surface area contributed by atoms with Crippen LogP contribution in [-0.2, 0) is 21.2 Å². The predicted octanol–water partition coefficient (Wildman–Crippen LogP) is 4.22. The number of hydrogen-bond acceptors (Lipinski definition) is 4. The summed E-state index contributed by atoms with van der Waals surface area (Å²) < 4.78 is 31.9. The molecule has 6 nitrogen and oxygen atoms in total. The van der Waals surface area contributed by atoms with Crippen molar-refractivity contribution in [3.63, 3.8) is 0 Å². The van der Waals surface area contributed by atoms with Crippen LogP contribution in [-0.4, -0.2) is 33.2 Å². The first-order valence-electron chi connectivity index (χ1n) is 10.0. The zero-order valence-corrected chi connectivity index (χ0v) is 18.2. The maximum absolute atomic E-state index is 13.2. The summed E-state index contributed by atoms with van der Waals surface area (Å²) in [5.74, 6) is 1.01. The van der Waals surface area contributed by atoms with Crippen LogP contribution in [0.15, 0.2) is 78.9 Å². The summed E-state index contributed by atoms with van der Waals surface area (Å²) in [5.41, 5.74) is 2.35. The molecule has 1 aliphatic heterocycles. The van der Waals surface area contributed by atoms with E-state index in [1.54, 1.807) is 29.2 Å². The van der Waals surface area contributed by atoms with Crippen molar-refractivity contribution in [3.8, 4) is 11.5 Å². The Bertz CT molecular complexity index is 1180. The maximum atomic E-state index is 13.2. The molecule has 1 atom stereocenters. The van der Waals surface area contributed by atoms with Gasteiger partial charge >= 0.3 is 0 Å². The van der Waals surface area contributed by atoms with Crippen molar-refractivity contribution >= 4 is 27.3 Å². The number of carbonyl (C=O) groups excluding carboxylic acids is 1. The summed E-state index contributed by atoms with van der Waals surface area (Å²) in [6.07, 6.45) is 1.86. The van der Waals surface area contributed by atoms with Crippen LogP contribution in [0.2, 0.25) is 0 Å². The van der Waals surface area contributed by atoms with Gasteiger partial charge in [-0.1, -0.05) is 36.4 Å². The Morgan fingerprint density at radius 1 is 0.968 bits per heavy atom. The average molecular weight is 437 g/mol. The lowest BCUT2D eigenvalue weighted by Gasteiger charge is -2.28. The summed E-state index contributed by atoms with van der Waals surface area (Å²) in [5, 5.41) is 0. The van der Waals surface area contributed by atoms with Gasteiger partial charge in [-0.2, -0.15) is 0 Å². The summed E-state index contributed by atoms with van der Waals surface area (Å²) in [7, 11) is -3.66. The minimum absolute atomic E-state index is 0.0204. The van der Waals surface area contributed by atoms with Crippen LogP contribution in [0.4, 0.5) is 11.4 Å². The van der Waals surface area contributed by atoms with Crippen LogP contribution in [0.1, 0.15) is 12.5 Å². The van der Waals surface area contributed by atoms with Gasteiger partial charge in [0.05, 0.1) is 11.9 Å². The molecule has 1 heterocycles. The number of anilines is 2. The summed E-state index contributed by atoms with van der Waals surface area (Å²) in [4.78, 5) is 14.8. The van der Waals surface area contributed by atoms with Gasteiger partial charge in [-0.15, -0.1) is 0 Å². The molecule has 0 saturated carbocycles. The lowest BCUT2D eigenvalue weighted by Crippen LogP contribution is -2.45. The van der Waals surface area contributed by atoms with Crippen molar-refractivity contribution in [2.45, 2.75) is 19.4 Å². The molecular formula is C24H24N2O4S. The molecular weight excluding hydrogens is 412 g/mol. The normalized spacial score (nSPS) is 15.4. The third kappa shape index (κ3) is 4.56. The van der Waals surface area contributed by atoms with Crippen LogP contribution in [0, 0.1) is 0 Å². The van der Waals surface area contributed by atoms with Gasteiger partial charge in [0, 0.05) is 11.7 Å². The van der Waals surface area contributed by atoms with Crippen molar-refractivity contribution in [2.24, 2.45) is 0 Å². The third-order valence-electron chi connectivity index (χ3n) is 5.26. The van der Waals surface area contributed by atoms with Crippen molar-refractivity contribution in [1.82, 2.24) is 0 Å². The molecule has 0 radical (unpaired) electrons. The Kier molecular flexibility index (Phi) is 5.69. The molecule has 7 heteroatoms. The fourth-order valence-electron chi connectivity index (χ4n) is 3.85. The Hall–Kier alpha value is -3.32.